The Morgan fingerprint density at radius 1 is 1.00 bits per heavy atom. The third-order valence-corrected chi connectivity index (χ3v) is 4.60. The second-order valence-electron chi connectivity index (χ2n) is 5.85. The van der Waals surface area contributed by atoms with Crippen LogP contribution in [0.4, 0.5) is 5.69 Å². The van der Waals surface area contributed by atoms with Crippen LogP contribution in [0.15, 0.2) is 28.7 Å². The number of halogens is 1. The average Bonchev–Trinajstić information content (AvgIpc) is 2.50. The Kier molecular flexibility index (Phi) is 7.55. The van der Waals surface area contributed by atoms with Crippen LogP contribution in [0, 0.1) is 0 Å². The SMILES string of the molecule is O=C(CN1CCCCCCC1)NCC(=O)Nc1ccccc1Br. The van der Waals surface area contributed by atoms with Crippen molar-refractivity contribution in [1.82, 2.24) is 10.2 Å². The number of amides is 2. The van der Waals surface area contributed by atoms with Gasteiger partial charge in [-0.15, -0.1) is 0 Å². The van der Waals surface area contributed by atoms with Crippen molar-refractivity contribution < 1.29 is 9.59 Å². The Labute approximate surface area is 145 Å². The van der Waals surface area contributed by atoms with Crippen molar-refractivity contribution in [3.63, 3.8) is 0 Å². The van der Waals surface area contributed by atoms with Crippen molar-refractivity contribution >= 4 is 33.4 Å². The molecule has 1 aliphatic rings. The standard InChI is InChI=1S/C17H24BrN3O2/c18-14-8-4-5-9-15(14)20-16(22)12-19-17(23)13-21-10-6-2-1-3-7-11-21/h4-5,8-9H,1-3,6-7,10-13H2,(H,19,23)(H,20,22). The highest BCUT2D eigenvalue weighted by Crippen LogP contribution is 2.20. The zero-order chi connectivity index (χ0) is 16.5. The molecule has 0 spiro atoms. The van der Waals surface area contributed by atoms with Crippen LogP contribution in [0.1, 0.15) is 32.1 Å². The van der Waals surface area contributed by atoms with Crippen LogP contribution in [0.25, 0.3) is 0 Å². The quantitative estimate of drug-likeness (QED) is 0.823. The first-order valence-electron chi connectivity index (χ1n) is 8.18. The molecule has 0 radical (unpaired) electrons. The van der Waals surface area contributed by atoms with E-state index in [1.54, 1.807) is 0 Å². The Balaban J connectivity index is 1.71. The van der Waals surface area contributed by atoms with E-state index in [-0.39, 0.29) is 18.4 Å². The van der Waals surface area contributed by atoms with Crippen molar-refractivity contribution in [2.45, 2.75) is 32.1 Å². The molecule has 0 aromatic heterocycles. The Morgan fingerprint density at radius 2 is 1.65 bits per heavy atom. The van der Waals surface area contributed by atoms with Crippen LogP contribution >= 0.6 is 15.9 Å². The topological polar surface area (TPSA) is 61.4 Å². The maximum Gasteiger partial charge on any atom is 0.243 e. The fraction of sp³-hybridized carbons (Fsp3) is 0.529. The van der Waals surface area contributed by atoms with Crippen molar-refractivity contribution in [2.24, 2.45) is 0 Å². The number of hydrogen-bond donors (Lipinski definition) is 2. The van der Waals surface area contributed by atoms with Gasteiger partial charge in [-0.1, -0.05) is 31.4 Å². The molecule has 0 saturated carbocycles. The smallest absolute Gasteiger partial charge is 0.243 e. The van der Waals surface area contributed by atoms with E-state index in [1.807, 2.05) is 24.3 Å². The van der Waals surface area contributed by atoms with Crippen LogP contribution in [0.3, 0.4) is 0 Å². The number of nitrogens with zero attached hydrogens (tertiary/aromatic N) is 1. The number of carbonyl (C=O) groups is 2. The van der Waals surface area contributed by atoms with E-state index in [0.717, 1.165) is 30.4 Å². The summed E-state index contributed by atoms with van der Waals surface area (Å²) in [5, 5.41) is 5.47. The minimum atomic E-state index is -0.224. The first kappa shape index (κ1) is 17.9. The lowest BCUT2D eigenvalue weighted by atomic mass is 10.1. The van der Waals surface area contributed by atoms with E-state index in [0.29, 0.717) is 12.2 Å². The van der Waals surface area contributed by atoms with Gasteiger partial charge in [0.2, 0.25) is 11.8 Å². The molecular weight excluding hydrogens is 358 g/mol. The first-order valence-corrected chi connectivity index (χ1v) is 8.98. The van der Waals surface area contributed by atoms with Crippen LogP contribution in [0.2, 0.25) is 0 Å². The molecule has 2 rings (SSSR count). The number of para-hydroxylation sites is 1. The van der Waals surface area contributed by atoms with E-state index >= 15 is 0 Å². The Morgan fingerprint density at radius 3 is 2.35 bits per heavy atom. The summed E-state index contributed by atoms with van der Waals surface area (Å²) >= 11 is 3.38. The third kappa shape index (κ3) is 6.71. The zero-order valence-corrected chi connectivity index (χ0v) is 14.9. The van der Waals surface area contributed by atoms with Gasteiger partial charge in [0.15, 0.2) is 0 Å². The van der Waals surface area contributed by atoms with Gasteiger partial charge < -0.3 is 10.6 Å². The summed E-state index contributed by atoms with van der Waals surface area (Å²) in [4.78, 5) is 26.1. The Hall–Kier alpha value is -1.40. The van der Waals surface area contributed by atoms with Crippen molar-refractivity contribution in [1.29, 1.82) is 0 Å². The molecule has 0 aliphatic carbocycles. The summed E-state index contributed by atoms with van der Waals surface area (Å²) in [6.07, 6.45) is 6.08. The summed E-state index contributed by atoms with van der Waals surface area (Å²) in [6.45, 7) is 2.31. The van der Waals surface area contributed by atoms with Gasteiger partial charge in [-0.2, -0.15) is 0 Å². The number of benzene rings is 1. The molecule has 0 bridgehead atoms. The monoisotopic (exact) mass is 381 g/mol. The highest BCUT2D eigenvalue weighted by atomic mass is 79.9. The van der Waals surface area contributed by atoms with Crippen molar-refractivity contribution in [3.05, 3.63) is 28.7 Å². The molecule has 2 amide bonds. The highest BCUT2D eigenvalue weighted by molar-refractivity contribution is 9.10. The number of rotatable bonds is 5. The summed E-state index contributed by atoms with van der Waals surface area (Å²) in [5.41, 5.74) is 0.704. The lowest BCUT2D eigenvalue weighted by Gasteiger charge is -2.23. The van der Waals surface area contributed by atoms with E-state index in [1.165, 1.54) is 19.3 Å². The lowest BCUT2D eigenvalue weighted by Crippen LogP contribution is -2.41. The predicted octanol–water partition coefficient (Wildman–Crippen LogP) is 2.77. The minimum Gasteiger partial charge on any atom is -0.346 e. The van der Waals surface area contributed by atoms with E-state index in [2.05, 4.69) is 31.5 Å². The second kappa shape index (κ2) is 9.67. The summed E-state index contributed by atoms with van der Waals surface area (Å²) in [6, 6.07) is 7.39. The molecule has 1 aromatic rings. The molecule has 1 fully saturated rings. The molecule has 23 heavy (non-hydrogen) atoms. The molecular formula is C17H24BrN3O2. The largest absolute Gasteiger partial charge is 0.346 e. The molecule has 6 heteroatoms. The summed E-state index contributed by atoms with van der Waals surface area (Å²) in [5.74, 6) is -0.314. The highest BCUT2D eigenvalue weighted by Gasteiger charge is 2.13. The molecule has 0 atom stereocenters. The average molecular weight is 382 g/mol. The van der Waals surface area contributed by atoms with Gasteiger partial charge in [0.05, 0.1) is 18.8 Å². The van der Waals surface area contributed by atoms with Gasteiger partial charge in [0, 0.05) is 4.47 Å². The molecule has 1 aliphatic heterocycles. The number of hydrogen-bond acceptors (Lipinski definition) is 3. The minimum absolute atomic E-state index is 0.00594. The number of anilines is 1. The molecule has 126 valence electrons. The van der Waals surface area contributed by atoms with Crippen LogP contribution < -0.4 is 10.6 Å². The van der Waals surface area contributed by atoms with E-state index in [9.17, 15) is 9.59 Å². The van der Waals surface area contributed by atoms with Gasteiger partial charge in [0.1, 0.15) is 0 Å². The fourth-order valence-corrected chi connectivity index (χ4v) is 3.05. The predicted molar refractivity (Wildman–Crippen MR) is 95.3 cm³/mol. The number of likely N-dealkylation sites (tertiary alicyclic amines) is 1. The van der Waals surface area contributed by atoms with Crippen molar-refractivity contribution in [2.75, 3.05) is 31.5 Å². The normalized spacial score (nSPS) is 16.2. The Bertz CT molecular complexity index is 528. The van der Waals surface area contributed by atoms with Crippen LogP contribution in [0.5, 0.6) is 0 Å². The van der Waals surface area contributed by atoms with Crippen LogP contribution in [-0.4, -0.2) is 42.9 Å². The van der Waals surface area contributed by atoms with Crippen LogP contribution in [-0.2, 0) is 9.59 Å². The lowest BCUT2D eigenvalue weighted by molar-refractivity contribution is -0.125. The second-order valence-corrected chi connectivity index (χ2v) is 6.70. The third-order valence-electron chi connectivity index (χ3n) is 3.91. The van der Waals surface area contributed by atoms with E-state index < -0.39 is 0 Å². The molecule has 1 heterocycles. The van der Waals surface area contributed by atoms with Crippen molar-refractivity contribution in [3.8, 4) is 0 Å². The molecule has 0 unspecified atom stereocenters. The van der Waals surface area contributed by atoms with Gasteiger partial charge in [-0.3, -0.25) is 14.5 Å². The van der Waals surface area contributed by atoms with E-state index in [4.69, 9.17) is 0 Å². The number of carbonyl (C=O) groups excluding carboxylic acids is 2. The first-order chi connectivity index (χ1) is 11.1. The fourth-order valence-electron chi connectivity index (χ4n) is 2.67. The van der Waals surface area contributed by atoms with Gasteiger partial charge >= 0.3 is 0 Å². The zero-order valence-electron chi connectivity index (χ0n) is 13.3. The van der Waals surface area contributed by atoms with Gasteiger partial charge in [0.25, 0.3) is 0 Å². The molecule has 1 aromatic carbocycles. The van der Waals surface area contributed by atoms with Gasteiger partial charge in [-0.05, 0) is 54.0 Å². The number of nitrogens with one attached hydrogen (secondary N) is 2. The molecule has 2 N–H and O–H groups in total. The maximum atomic E-state index is 12.0. The summed E-state index contributed by atoms with van der Waals surface area (Å²) < 4.78 is 0.820. The summed E-state index contributed by atoms with van der Waals surface area (Å²) in [7, 11) is 0. The maximum absolute atomic E-state index is 12.0. The molecule has 1 saturated heterocycles. The molecule has 5 nitrogen and oxygen atoms in total. The van der Waals surface area contributed by atoms with Gasteiger partial charge in [-0.25, -0.2) is 0 Å².